The molecule has 0 spiro atoms. The van der Waals surface area contributed by atoms with Crippen LogP contribution in [-0.4, -0.2) is 17.6 Å². The quantitative estimate of drug-likeness (QED) is 0.693. The van der Waals surface area contributed by atoms with Crippen molar-refractivity contribution in [3.8, 4) is 0 Å². The molecular weight excluding hydrogens is 276 g/mol. The number of thiazole rings is 1. The topological polar surface area (TPSA) is 74.3 Å². The number of ether oxygens (including phenoxy) is 1. The van der Waals surface area contributed by atoms with Gasteiger partial charge < -0.3 is 10.5 Å². The highest BCUT2D eigenvalue weighted by atomic mass is 32.1. The van der Waals surface area contributed by atoms with Gasteiger partial charge in [-0.2, -0.15) is 0 Å². The molecule has 0 aliphatic rings. The SMILES string of the molecule is COC(=O)c1c(N)cccc1Cn1c(C)c(C)sc1=O. The number of rotatable bonds is 3. The van der Waals surface area contributed by atoms with E-state index in [1.807, 2.05) is 13.8 Å². The second-order valence-corrected chi connectivity index (χ2v) is 5.63. The number of carbonyl (C=O) groups excluding carboxylic acids is 1. The highest BCUT2D eigenvalue weighted by molar-refractivity contribution is 7.09. The molecule has 0 fully saturated rings. The summed E-state index contributed by atoms with van der Waals surface area (Å²) >= 11 is 1.20. The molecule has 0 saturated carbocycles. The van der Waals surface area contributed by atoms with Crippen LogP contribution in [0.1, 0.15) is 26.5 Å². The molecule has 0 radical (unpaired) electrons. The first-order valence-corrected chi connectivity index (χ1v) is 6.90. The lowest BCUT2D eigenvalue weighted by Gasteiger charge is -2.11. The minimum atomic E-state index is -0.490. The largest absolute Gasteiger partial charge is 0.465 e. The summed E-state index contributed by atoms with van der Waals surface area (Å²) in [6, 6.07) is 5.18. The molecule has 1 aromatic heterocycles. The molecule has 0 atom stereocenters. The predicted molar refractivity (Wildman–Crippen MR) is 79.3 cm³/mol. The number of hydrogen-bond acceptors (Lipinski definition) is 5. The number of nitrogen functional groups attached to an aromatic ring is 1. The van der Waals surface area contributed by atoms with E-state index in [1.54, 1.807) is 22.8 Å². The molecule has 0 aliphatic heterocycles. The first kappa shape index (κ1) is 14.3. The fraction of sp³-hybridized carbons (Fsp3) is 0.286. The van der Waals surface area contributed by atoms with Gasteiger partial charge in [-0.25, -0.2) is 4.79 Å². The second kappa shape index (κ2) is 5.50. The van der Waals surface area contributed by atoms with Crippen LogP contribution in [0.15, 0.2) is 23.0 Å². The number of methoxy groups -OCH3 is 1. The van der Waals surface area contributed by atoms with Crippen molar-refractivity contribution in [2.45, 2.75) is 20.4 Å². The average molecular weight is 292 g/mol. The summed E-state index contributed by atoms with van der Waals surface area (Å²) in [5.41, 5.74) is 8.11. The Kier molecular flexibility index (Phi) is 3.94. The summed E-state index contributed by atoms with van der Waals surface area (Å²) in [5, 5.41) is 0. The van der Waals surface area contributed by atoms with E-state index in [-0.39, 0.29) is 4.87 Å². The normalized spacial score (nSPS) is 10.6. The number of esters is 1. The zero-order chi connectivity index (χ0) is 14.9. The van der Waals surface area contributed by atoms with Crippen LogP contribution >= 0.6 is 11.3 Å². The Labute approximate surface area is 120 Å². The second-order valence-electron chi connectivity index (χ2n) is 4.47. The van der Waals surface area contributed by atoms with Crippen molar-refractivity contribution in [3.05, 3.63) is 49.6 Å². The van der Waals surface area contributed by atoms with E-state index in [9.17, 15) is 9.59 Å². The summed E-state index contributed by atoms with van der Waals surface area (Å²) in [4.78, 5) is 24.7. The van der Waals surface area contributed by atoms with Gasteiger partial charge >= 0.3 is 10.8 Å². The number of nitrogens with zero attached hydrogens (tertiary/aromatic N) is 1. The zero-order valence-corrected chi connectivity index (χ0v) is 12.4. The smallest absolute Gasteiger partial charge is 0.340 e. The maximum atomic E-state index is 11.9. The molecule has 0 saturated heterocycles. The minimum Gasteiger partial charge on any atom is -0.465 e. The molecule has 0 amide bonds. The molecule has 6 heteroatoms. The summed E-state index contributed by atoms with van der Waals surface area (Å²) in [7, 11) is 1.31. The van der Waals surface area contributed by atoms with Gasteiger partial charge in [0.15, 0.2) is 0 Å². The van der Waals surface area contributed by atoms with E-state index in [0.717, 1.165) is 10.6 Å². The lowest BCUT2D eigenvalue weighted by atomic mass is 10.1. The van der Waals surface area contributed by atoms with Gasteiger partial charge in [0.1, 0.15) is 0 Å². The molecule has 1 heterocycles. The molecule has 5 nitrogen and oxygen atoms in total. The van der Waals surface area contributed by atoms with Gasteiger partial charge in [-0.05, 0) is 25.5 Å². The van der Waals surface area contributed by atoms with Crippen molar-refractivity contribution in [3.63, 3.8) is 0 Å². The van der Waals surface area contributed by atoms with Crippen molar-refractivity contribution >= 4 is 23.0 Å². The van der Waals surface area contributed by atoms with Crippen molar-refractivity contribution in [1.29, 1.82) is 0 Å². The molecule has 20 heavy (non-hydrogen) atoms. The van der Waals surface area contributed by atoms with Crippen LogP contribution in [0.4, 0.5) is 5.69 Å². The minimum absolute atomic E-state index is 0.0433. The van der Waals surface area contributed by atoms with E-state index in [0.29, 0.717) is 23.4 Å². The molecule has 106 valence electrons. The molecule has 0 bridgehead atoms. The number of anilines is 1. The third-order valence-electron chi connectivity index (χ3n) is 3.28. The van der Waals surface area contributed by atoms with Gasteiger partial charge in [0.05, 0.1) is 19.2 Å². The molecule has 2 aromatic rings. The van der Waals surface area contributed by atoms with Crippen LogP contribution < -0.4 is 10.6 Å². The molecule has 0 unspecified atom stereocenters. The first-order chi connectivity index (χ1) is 9.45. The van der Waals surface area contributed by atoms with E-state index in [1.165, 1.54) is 18.4 Å². The van der Waals surface area contributed by atoms with Crippen LogP contribution in [0, 0.1) is 13.8 Å². The molecular formula is C14H16N2O3S. The third-order valence-corrected chi connectivity index (χ3v) is 4.27. The third kappa shape index (κ3) is 2.46. The predicted octanol–water partition coefficient (Wildman–Crippen LogP) is 1.94. The van der Waals surface area contributed by atoms with E-state index >= 15 is 0 Å². The Balaban J connectivity index is 2.52. The van der Waals surface area contributed by atoms with Crippen LogP contribution in [0.5, 0.6) is 0 Å². The van der Waals surface area contributed by atoms with Gasteiger partial charge in [-0.3, -0.25) is 9.36 Å². The number of carbonyl (C=O) groups is 1. The van der Waals surface area contributed by atoms with Crippen molar-refractivity contribution < 1.29 is 9.53 Å². The number of nitrogens with two attached hydrogens (primary N) is 1. The Morgan fingerprint density at radius 1 is 1.40 bits per heavy atom. The van der Waals surface area contributed by atoms with Crippen LogP contribution in [0.3, 0.4) is 0 Å². The summed E-state index contributed by atoms with van der Waals surface area (Å²) < 4.78 is 6.40. The first-order valence-electron chi connectivity index (χ1n) is 6.08. The lowest BCUT2D eigenvalue weighted by Crippen LogP contribution is -2.18. The van der Waals surface area contributed by atoms with Gasteiger partial charge in [0, 0.05) is 16.3 Å². The van der Waals surface area contributed by atoms with Crippen molar-refractivity contribution in [2.24, 2.45) is 0 Å². The van der Waals surface area contributed by atoms with Crippen LogP contribution in [0.2, 0.25) is 0 Å². The summed E-state index contributed by atoms with van der Waals surface area (Å²) in [5.74, 6) is -0.490. The zero-order valence-electron chi connectivity index (χ0n) is 11.6. The lowest BCUT2D eigenvalue weighted by molar-refractivity contribution is 0.0600. The molecule has 2 N–H and O–H groups in total. The highest BCUT2D eigenvalue weighted by Gasteiger charge is 2.17. The van der Waals surface area contributed by atoms with Gasteiger partial charge in [0.2, 0.25) is 0 Å². The van der Waals surface area contributed by atoms with Gasteiger partial charge in [-0.1, -0.05) is 23.5 Å². The van der Waals surface area contributed by atoms with Gasteiger partial charge in [-0.15, -0.1) is 0 Å². The standard InChI is InChI=1S/C14H16N2O3S/c1-8-9(2)20-14(18)16(8)7-10-5-4-6-11(15)12(10)13(17)19-3/h4-6H,7,15H2,1-3H3. The molecule has 0 aliphatic carbocycles. The Morgan fingerprint density at radius 3 is 2.65 bits per heavy atom. The maximum absolute atomic E-state index is 11.9. The average Bonchev–Trinajstić information content (AvgIpc) is 2.65. The van der Waals surface area contributed by atoms with E-state index in [2.05, 4.69) is 0 Å². The monoisotopic (exact) mass is 292 g/mol. The number of aromatic nitrogens is 1. The van der Waals surface area contributed by atoms with E-state index in [4.69, 9.17) is 10.5 Å². The summed E-state index contributed by atoms with van der Waals surface area (Å²) in [6.07, 6.45) is 0. The number of hydrogen-bond donors (Lipinski definition) is 1. The number of benzene rings is 1. The molecule has 2 rings (SSSR count). The Bertz CT molecular complexity index is 716. The van der Waals surface area contributed by atoms with Crippen molar-refractivity contribution in [2.75, 3.05) is 12.8 Å². The van der Waals surface area contributed by atoms with Crippen LogP contribution in [0.25, 0.3) is 0 Å². The molecule has 1 aromatic carbocycles. The highest BCUT2D eigenvalue weighted by Crippen LogP contribution is 2.20. The fourth-order valence-corrected chi connectivity index (χ4v) is 2.87. The Hall–Kier alpha value is -2.08. The van der Waals surface area contributed by atoms with Gasteiger partial charge in [0.25, 0.3) is 0 Å². The fourth-order valence-electron chi connectivity index (χ4n) is 2.04. The van der Waals surface area contributed by atoms with Crippen LogP contribution in [-0.2, 0) is 11.3 Å². The maximum Gasteiger partial charge on any atom is 0.340 e. The Morgan fingerprint density at radius 2 is 2.10 bits per heavy atom. The van der Waals surface area contributed by atoms with Crippen molar-refractivity contribution in [1.82, 2.24) is 4.57 Å². The summed E-state index contributed by atoms with van der Waals surface area (Å²) in [6.45, 7) is 4.10. The number of aryl methyl sites for hydroxylation is 1. The van der Waals surface area contributed by atoms with E-state index < -0.39 is 5.97 Å².